The smallest absolute Gasteiger partial charge is 0.141 e. The molecule has 1 aromatic rings. The molecule has 0 saturated heterocycles. The summed E-state index contributed by atoms with van der Waals surface area (Å²) in [6.07, 6.45) is -1.97. The number of nitrogens with one attached hydrogen (secondary N) is 1. The van der Waals surface area contributed by atoms with Crippen molar-refractivity contribution >= 4 is 0 Å². The van der Waals surface area contributed by atoms with Crippen LogP contribution in [-0.4, -0.2) is 29.9 Å². The predicted octanol–water partition coefficient (Wildman–Crippen LogP) is 0.701. The molecule has 1 aromatic carbocycles. The first-order valence-electron chi connectivity index (χ1n) is 5.31. The Balaban J connectivity index is 2.92. The van der Waals surface area contributed by atoms with Crippen LogP contribution < -0.4 is 5.32 Å². The summed E-state index contributed by atoms with van der Waals surface area (Å²) < 4.78 is 13.3. The van der Waals surface area contributed by atoms with Crippen LogP contribution in [-0.2, 0) is 0 Å². The number of rotatable bonds is 5. The molecule has 0 aliphatic carbocycles. The van der Waals surface area contributed by atoms with Crippen LogP contribution >= 0.6 is 0 Å². The lowest BCUT2D eigenvalue weighted by Crippen LogP contribution is -2.24. The minimum atomic E-state index is -1.26. The lowest BCUT2D eigenvalue weighted by molar-refractivity contribution is 0.0137. The number of hydrogen-bond acceptors (Lipinski definition) is 4. The Morgan fingerprint density at radius 3 is 2.76 bits per heavy atom. The van der Waals surface area contributed by atoms with Gasteiger partial charge in [-0.3, -0.25) is 0 Å². The van der Waals surface area contributed by atoms with Gasteiger partial charge in [0, 0.05) is 5.56 Å². The molecule has 4 nitrogen and oxygen atoms in total. The van der Waals surface area contributed by atoms with Crippen LogP contribution in [0.1, 0.15) is 23.7 Å². The van der Waals surface area contributed by atoms with Gasteiger partial charge in [-0.05, 0) is 26.1 Å². The summed E-state index contributed by atoms with van der Waals surface area (Å²) in [4.78, 5) is 0. The van der Waals surface area contributed by atoms with E-state index in [0.29, 0.717) is 13.0 Å². The molecule has 1 rings (SSSR count). The highest BCUT2D eigenvalue weighted by molar-refractivity contribution is 5.40. The second-order valence-corrected chi connectivity index (χ2v) is 3.72. The molecule has 0 aliphatic rings. The highest BCUT2D eigenvalue weighted by Crippen LogP contribution is 2.23. The van der Waals surface area contributed by atoms with Crippen LogP contribution in [0.3, 0.4) is 0 Å². The van der Waals surface area contributed by atoms with E-state index in [1.54, 1.807) is 13.1 Å². The Morgan fingerprint density at radius 2 is 2.18 bits per heavy atom. The number of hydrogen-bond donors (Lipinski definition) is 3. The van der Waals surface area contributed by atoms with Gasteiger partial charge in [-0.15, -0.1) is 0 Å². The van der Waals surface area contributed by atoms with Crippen LogP contribution in [0.5, 0.6) is 0 Å². The number of nitrogens with zero attached hydrogens (tertiary/aromatic N) is 1. The largest absolute Gasteiger partial charge is 0.390 e. The van der Waals surface area contributed by atoms with Gasteiger partial charge in [-0.1, -0.05) is 12.1 Å². The van der Waals surface area contributed by atoms with Gasteiger partial charge in [-0.25, -0.2) is 4.39 Å². The van der Waals surface area contributed by atoms with Crippen molar-refractivity contribution in [2.75, 3.05) is 13.6 Å². The highest BCUT2D eigenvalue weighted by atomic mass is 19.1. The Hall–Kier alpha value is -1.48. The van der Waals surface area contributed by atoms with Gasteiger partial charge in [0.05, 0.1) is 11.7 Å². The summed E-state index contributed by atoms with van der Waals surface area (Å²) in [5, 5.41) is 31.2. The topological polar surface area (TPSA) is 76.3 Å². The normalized spacial score (nSPS) is 14.1. The lowest BCUT2D eigenvalue weighted by Gasteiger charge is -2.19. The van der Waals surface area contributed by atoms with Gasteiger partial charge in [0.15, 0.2) is 0 Å². The van der Waals surface area contributed by atoms with Crippen LogP contribution in [0.4, 0.5) is 4.39 Å². The quantitative estimate of drug-likeness (QED) is 0.705. The SMILES string of the molecule is CNCCC(O)C(O)c1cccc(F)c1C#N. The summed E-state index contributed by atoms with van der Waals surface area (Å²) in [5.74, 6) is -0.690. The minimum Gasteiger partial charge on any atom is -0.390 e. The fraction of sp³-hybridized carbons (Fsp3) is 0.417. The summed E-state index contributed by atoms with van der Waals surface area (Å²) in [6.45, 7) is 0.523. The Bertz CT molecular complexity index is 417. The van der Waals surface area contributed by atoms with Crippen molar-refractivity contribution in [2.24, 2.45) is 0 Å². The molecule has 0 heterocycles. The van der Waals surface area contributed by atoms with Gasteiger partial charge in [-0.2, -0.15) is 5.26 Å². The fourth-order valence-electron chi connectivity index (χ4n) is 1.56. The first kappa shape index (κ1) is 13.6. The summed E-state index contributed by atoms with van der Waals surface area (Å²) in [5.41, 5.74) is -0.0976. The Labute approximate surface area is 99.3 Å². The number of aliphatic hydroxyl groups excluding tert-OH is 2. The molecule has 0 radical (unpaired) electrons. The maximum Gasteiger partial charge on any atom is 0.141 e. The van der Waals surface area contributed by atoms with E-state index in [4.69, 9.17) is 5.26 Å². The first-order chi connectivity index (χ1) is 8.11. The van der Waals surface area contributed by atoms with Crippen LogP contribution in [0.25, 0.3) is 0 Å². The van der Waals surface area contributed by atoms with Crippen molar-refractivity contribution in [2.45, 2.75) is 18.6 Å². The standard InChI is InChI=1S/C12H15FN2O2/c1-15-6-5-11(16)12(17)8-3-2-4-10(13)9(8)7-14/h2-4,11-12,15-17H,5-6H2,1H3. The summed E-state index contributed by atoms with van der Waals surface area (Å²) >= 11 is 0. The van der Waals surface area contributed by atoms with Crippen LogP contribution in [0.2, 0.25) is 0 Å². The van der Waals surface area contributed by atoms with Crippen LogP contribution in [0, 0.1) is 17.1 Å². The molecular weight excluding hydrogens is 223 g/mol. The van der Waals surface area contributed by atoms with Crippen molar-refractivity contribution in [1.29, 1.82) is 5.26 Å². The van der Waals surface area contributed by atoms with E-state index in [1.165, 1.54) is 12.1 Å². The molecule has 2 unspecified atom stereocenters. The highest BCUT2D eigenvalue weighted by Gasteiger charge is 2.22. The zero-order valence-electron chi connectivity index (χ0n) is 9.52. The zero-order valence-corrected chi connectivity index (χ0v) is 9.52. The molecule has 0 fully saturated rings. The van der Waals surface area contributed by atoms with E-state index in [9.17, 15) is 14.6 Å². The van der Waals surface area contributed by atoms with Crippen molar-refractivity contribution in [1.82, 2.24) is 5.32 Å². The van der Waals surface area contributed by atoms with E-state index in [2.05, 4.69) is 5.32 Å². The van der Waals surface area contributed by atoms with Gasteiger partial charge < -0.3 is 15.5 Å². The molecule has 0 spiro atoms. The number of halogens is 1. The summed E-state index contributed by atoms with van der Waals surface area (Å²) in [6, 6.07) is 5.68. The molecule has 0 bridgehead atoms. The molecule has 17 heavy (non-hydrogen) atoms. The zero-order chi connectivity index (χ0) is 12.8. The Morgan fingerprint density at radius 1 is 1.47 bits per heavy atom. The van der Waals surface area contributed by atoms with Crippen molar-refractivity contribution in [3.8, 4) is 6.07 Å². The fourth-order valence-corrected chi connectivity index (χ4v) is 1.56. The lowest BCUT2D eigenvalue weighted by atomic mass is 9.97. The van der Waals surface area contributed by atoms with Crippen molar-refractivity contribution in [3.05, 3.63) is 35.1 Å². The third kappa shape index (κ3) is 3.24. The molecule has 0 aromatic heterocycles. The van der Waals surface area contributed by atoms with Gasteiger partial charge >= 0.3 is 0 Å². The maximum atomic E-state index is 13.3. The van der Waals surface area contributed by atoms with E-state index >= 15 is 0 Å². The molecule has 0 saturated carbocycles. The Kier molecular flexibility index (Phi) is 5.04. The second-order valence-electron chi connectivity index (χ2n) is 3.72. The molecule has 0 aliphatic heterocycles. The predicted molar refractivity (Wildman–Crippen MR) is 60.6 cm³/mol. The van der Waals surface area contributed by atoms with E-state index in [1.807, 2.05) is 0 Å². The second kappa shape index (κ2) is 6.30. The average molecular weight is 238 g/mol. The molecule has 92 valence electrons. The van der Waals surface area contributed by atoms with Gasteiger partial charge in [0.25, 0.3) is 0 Å². The van der Waals surface area contributed by atoms with Gasteiger partial charge in [0.1, 0.15) is 18.0 Å². The monoisotopic (exact) mass is 238 g/mol. The summed E-state index contributed by atoms with van der Waals surface area (Å²) in [7, 11) is 1.72. The van der Waals surface area contributed by atoms with E-state index < -0.39 is 18.0 Å². The third-order valence-corrected chi connectivity index (χ3v) is 2.53. The third-order valence-electron chi connectivity index (χ3n) is 2.53. The first-order valence-corrected chi connectivity index (χ1v) is 5.31. The number of benzene rings is 1. The minimum absolute atomic E-state index is 0.121. The van der Waals surface area contributed by atoms with Crippen LogP contribution in [0.15, 0.2) is 18.2 Å². The van der Waals surface area contributed by atoms with E-state index in [-0.39, 0.29) is 11.1 Å². The molecule has 3 N–H and O–H groups in total. The molecular formula is C12H15FN2O2. The number of nitriles is 1. The van der Waals surface area contributed by atoms with Crippen molar-refractivity contribution in [3.63, 3.8) is 0 Å². The van der Waals surface area contributed by atoms with Gasteiger partial charge in [0.2, 0.25) is 0 Å². The molecule has 2 atom stereocenters. The maximum absolute atomic E-state index is 13.3. The number of aliphatic hydroxyl groups is 2. The van der Waals surface area contributed by atoms with Crippen molar-refractivity contribution < 1.29 is 14.6 Å². The molecule has 0 amide bonds. The average Bonchev–Trinajstić information content (AvgIpc) is 2.34. The van der Waals surface area contributed by atoms with E-state index in [0.717, 1.165) is 6.07 Å². The molecule has 5 heteroatoms.